The number of carboxylic acid groups (broad SMARTS) is 1. The molecule has 0 amide bonds. The van der Waals surface area contributed by atoms with Crippen molar-refractivity contribution in [3.05, 3.63) is 45.1 Å². The lowest BCUT2D eigenvalue weighted by Crippen LogP contribution is -2.34. The molecule has 3 aliphatic rings. The Balaban J connectivity index is 1.77. The third-order valence-electron chi connectivity index (χ3n) is 6.21. The van der Waals surface area contributed by atoms with Crippen LogP contribution in [-0.2, 0) is 0 Å². The number of carboxylic acids is 1. The molecule has 1 aliphatic heterocycles. The van der Waals surface area contributed by atoms with E-state index in [1.54, 1.807) is 0 Å². The second-order valence-corrected chi connectivity index (χ2v) is 8.08. The van der Waals surface area contributed by atoms with Crippen LogP contribution >= 0.6 is 0 Å². The third-order valence-corrected chi connectivity index (χ3v) is 6.21. The van der Waals surface area contributed by atoms with Crippen LogP contribution in [0.25, 0.3) is 5.52 Å². The molecule has 2 aromatic rings. The van der Waals surface area contributed by atoms with Gasteiger partial charge < -0.3 is 15.7 Å². The van der Waals surface area contributed by atoms with E-state index in [-0.39, 0.29) is 17.0 Å². The van der Waals surface area contributed by atoms with E-state index in [0.29, 0.717) is 29.2 Å². The standard InChI is InChI=1S/C19H20FN3O3/c1-9-15-12(10-2-3-10)4-13(18(25)26)17(24)23(15)7-14(20)16(9)22-6-11-5-19(11,21)8-22/h4,7,10-11H,2-3,5-6,8,21H2,1H3,(H,25,26). The maximum Gasteiger partial charge on any atom is 0.341 e. The van der Waals surface area contributed by atoms with Gasteiger partial charge in [0, 0.05) is 18.6 Å². The predicted molar refractivity (Wildman–Crippen MR) is 94.5 cm³/mol. The van der Waals surface area contributed by atoms with Crippen LogP contribution in [0.2, 0.25) is 0 Å². The minimum atomic E-state index is -1.28. The zero-order valence-electron chi connectivity index (χ0n) is 14.5. The van der Waals surface area contributed by atoms with Gasteiger partial charge in [0.2, 0.25) is 0 Å². The molecule has 0 spiro atoms. The number of aromatic carboxylic acids is 1. The van der Waals surface area contributed by atoms with Gasteiger partial charge in [-0.05, 0) is 55.2 Å². The highest BCUT2D eigenvalue weighted by Gasteiger charge is 2.57. The van der Waals surface area contributed by atoms with E-state index in [9.17, 15) is 19.1 Å². The van der Waals surface area contributed by atoms with Crippen LogP contribution in [0.3, 0.4) is 0 Å². The zero-order chi connectivity index (χ0) is 18.4. The fourth-order valence-corrected chi connectivity index (χ4v) is 4.59. The van der Waals surface area contributed by atoms with Gasteiger partial charge >= 0.3 is 5.97 Å². The van der Waals surface area contributed by atoms with E-state index in [0.717, 1.165) is 37.6 Å². The first-order chi connectivity index (χ1) is 12.3. The predicted octanol–water partition coefficient (Wildman–Crippen LogP) is 1.86. The molecule has 5 rings (SSSR count). The van der Waals surface area contributed by atoms with Crippen molar-refractivity contribution in [1.29, 1.82) is 0 Å². The van der Waals surface area contributed by atoms with Crippen molar-refractivity contribution in [3.8, 4) is 0 Å². The fourth-order valence-electron chi connectivity index (χ4n) is 4.59. The topological polar surface area (TPSA) is 88.0 Å². The lowest BCUT2D eigenvalue weighted by Gasteiger charge is -2.26. The highest BCUT2D eigenvalue weighted by atomic mass is 19.1. The van der Waals surface area contributed by atoms with Gasteiger partial charge in [-0.3, -0.25) is 9.20 Å². The first kappa shape index (κ1) is 15.8. The van der Waals surface area contributed by atoms with Gasteiger partial charge in [0.05, 0.1) is 17.4 Å². The van der Waals surface area contributed by atoms with Crippen molar-refractivity contribution in [3.63, 3.8) is 0 Å². The first-order valence-corrected chi connectivity index (χ1v) is 8.95. The molecule has 6 nitrogen and oxygen atoms in total. The SMILES string of the molecule is Cc1c(N2CC3CC3(N)C2)c(F)cn2c(=O)c(C(=O)O)cc(C3CC3)c12. The monoisotopic (exact) mass is 357 g/mol. The van der Waals surface area contributed by atoms with E-state index in [1.165, 1.54) is 10.5 Å². The Hall–Kier alpha value is -2.41. The molecule has 3 N–H and O–H groups in total. The van der Waals surface area contributed by atoms with Gasteiger partial charge in [-0.1, -0.05) is 0 Å². The molecule has 2 aliphatic carbocycles. The number of hydrogen-bond acceptors (Lipinski definition) is 4. The summed E-state index contributed by atoms with van der Waals surface area (Å²) in [5.41, 5.74) is 7.71. The molecule has 3 heterocycles. The molecule has 3 fully saturated rings. The summed E-state index contributed by atoms with van der Waals surface area (Å²) < 4.78 is 16.2. The number of pyridine rings is 2. The number of aryl methyl sites for hydroxylation is 1. The van der Waals surface area contributed by atoms with Crippen LogP contribution in [-0.4, -0.2) is 34.1 Å². The summed E-state index contributed by atoms with van der Waals surface area (Å²) in [5, 5.41) is 9.35. The molecule has 0 bridgehead atoms. The highest BCUT2D eigenvalue weighted by molar-refractivity contribution is 5.89. The van der Waals surface area contributed by atoms with E-state index < -0.39 is 17.3 Å². The molecule has 136 valence electrons. The van der Waals surface area contributed by atoms with Crippen molar-refractivity contribution in [2.75, 3.05) is 18.0 Å². The molecule has 1 saturated heterocycles. The summed E-state index contributed by atoms with van der Waals surface area (Å²) in [6.07, 6.45) is 4.03. The Morgan fingerprint density at radius 3 is 2.73 bits per heavy atom. The number of anilines is 1. The van der Waals surface area contributed by atoms with Gasteiger partial charge in [-0.25, -0.2) is 9.18 Å². The number of piperidine rings is 1. The third kappa shape index (κ3) is 2.06. The number of rotatable bonds is 3. The normalized spacial score (nSPS) is 27.0. The van der Waals surface area contributed by atoms with Gasteiger partial charge in [0.15, 0.2) is 5.82 Å². The quantitative estimate of drug-likeness (QED) is 0.875. The molecule has 0 radical (unpaired) electrons. The summed E-state index contributed by atoms with van der Waals surface area (Å²) in [6, 6.07) is 1.48. The molecule has 2 saturated carbocycles. The Morgan fingerprint density at radius 2 is 2.15 bits per heavy atom. The van der Waals surface area contributed by atoms with Crippen molar-refractivity contribution in [2.24, 2.45) is 11.7 Å². The Labute approximate surface area is 149 Å². The Bertz CT molecular complexity index is 1040. The fraction of sp³-hybridized carbons (Fsp3) is 0.474. The van der Waals surface area contributed by atoms with Crippen LogP contribution in [0.15, 0.2) is 17.1 Å². The number of hydrogen-bond donors (Lipinski definition) is 2. The van der Waals surface area contributed by atoms with Crippen LogP contribution in [0.1, 0.15) is 46.7 Å². The molecular formula is C19H20FN3O3. The van der Waals surface area contributed by atoms with E-state index in [4.69, 9.17) is 5.73 Å². The second kappa shape index (κ2) is 4.85. The largest absolute Gasteiger partial charge is 0.477 e. The number of fused-ring (bicyclic) bond motifs is 2. The first-order valence-electron chi connectivity index (χ1n) is 8.95. The van der Waals surface area contributed by atoms with E-state index in [2.05, 4.69) is 0 Å². The molecule has 2 atom stereocenters. The summed E-state index contributed by atoms with van der Waals surface area (Å²) in [6.45, 7) is 3.15. The number of carbonyl (C=O) groups is 1. The minimum Gasteiger partial charge on any atom is -0.477 e. The lowest BCUT2D eigenvalue weighted by molar-refractivity contribution is 0.0694. The molecule has 7 heteroatoms. The van der Waals surface area contributed by atoms with Crippen LogP contribution < -0.4 is 16.2 Å². The summed E-state index contributed by atoms with van der Waals surface area (Å²) in [7, 11) is 0. The number of nitrogens with zero attached hydrogens (tertiary/aromatic N) is 2. The summed E-state index contributed by atoms with van der Waals surface area (Å²) in [4.78, 5) is 26.0. The van der Waals surface area contributed by atoms with Gasteiger partial charge in [-0.15, -0.1) is 0 Å². The summed E-state index contributed by atoms with van der Waals surface area (Å²) >= 11 is 0. The molecule has 0 aromatic carbocycles. The van der Waals surface area contributed by atoms with Gasteiger partial charge in [0.25, 0.3) is 5.56 Å². The maximum atomic E-state index is 15.0. The molecule has 26 heavy (non-hydrogen) atoms. The van der Waals surface area contributed by atoms with Gasteiger partial charge in [-0.2, -0.15) is 0 Å². The zero-order valence-corrected chi connectivity index (χ0v) is 14.5. The molecular weight excluding hydrogens is 337 g/mol. The molecule has 2 unspecified atom stereocenters. The van der Waals surface area contributed by atoms with Crippen molar-refractivity contribution < 1.29 is 14.3 Å². The van der Waals surface area contributed by atoms with Crippen LogP contribution in [0.5, 0.6) is 0 Å². The Kier molecular flexibility index (Phi) is 2.95. The van der Waals surface area contributed by atoms with E-state index in [1.807, 2.05) is 11.8 Å². The minimum absolute atomic E-state index is 0.211. The molecule has 2 aromatic heterocycles. The average molecular weight is 357 g/mol. The lowest BCUT2D eigenvalue weighted by atomic mass is 10.0. The van der Waals surface area contributed by atoms with Crippen molar-refractivity contribution in [2.45, 2.75) is 37.6 Å². The van der Waals surface area contributed by atoms with Crippen LogP contribution in [0.4, 0.5) is 10.1 Å². The second-order valence-electron chi connectivity index (χ2n) is 8.08. The maximum absolute atomic E-state index is 15.0. The average Bonchev–Trinajstić information content (AvgIpc) is 3.47. The van der Waals surface area contributed by atoms with Gasteiger partial charge in [0.1, 0.15) is 5.56 Å². The smallest absolute Gasteiger partial charge is 0.341 e. The van der Waals surface area contributed by atoms with Crippen molar-refractivity contribution in [1.82, 2.24) is 4.40 Å². The Morgan fingerprint density at radius 1 is 1.42 bits per heavy atom. The van der Waals surface area contributed by atoms with Crippen LogP contribution in [0, 0.1) is 18.7 Å². The highest BCUT2D eigenvalue weighted by Crippen LogP contribution is 2.50. The van der Waals surface area contributed by atoms with E-state index >= 15 is 0 Å². The number of aromatic nitrogens is 1. The number of nitrogens with two attached hydrogens (primary N) is 1. The number of halogens is 1. The summed E-state index contributed by atoms with van der Waals surface area (Å²) in [5.74, 6) is -1.16. The van der Waals surface area contributed by atoms with Crippen molar-refractivity contribution >= 4 is 17.2 Å².